The standard InChI is InChI=1S/C20H18F2N4O5/c1-8-7-26-14-10(5-11(12(21)13(14)22)16-23-3-4-30-16)6-20(15(26)9(2)31-8)17(27)24-19(29)25-18(20)28/h3-5,8-9,15H,6-7H2,1-2H3,(H2,24,25,27,28,29)/t8-,9+,15-/m1/s1. The lowest BCUT2D eigenvalue weighted by molar-refractivity contribution is -0.153. The molecule has 0 aliphatic carbocycles. The summed E-state index contributed by atoms with van der Waals surface area (Å²) in [5.41, 5.74) is -1.82. The molecule has 3 aliphatic rings. The van der Waals surface area contributed by atoms with Crippen LogP contribution in [0.15, 0.2) is 22.9 Å². The third kappa shape index (κ3) is 2.62. The molecule has 0 unspecified atom stereocenters. The third-order valence-electron chi connectivity index (χ3n) is 6.13. The van der Waals surface area contributed by atoms with Gasteiger partial charge in [-0.05, 0) is 25.5 Å². The predicted octanol–water partition coefficient (Wildman–Crippen LogP) is 1.51. The fourth-order valence-electron chi connectivity index (χ4n) is 5.05. The Hall–Kier alpha value is -3.34. The number of hydrogen-bond donors (Lipinski definition) is 2. The molecule has 1 aromatic carbocycles. The maximum atomic E-state index is 15.4. The average Bonchev–Trinajstić information content (AvgIpc) is 3.22. The number of amides is 4. The van der Waals surface area contributed by atoms with E-state index in [2.05, 4.69) is 15.6 Å². The van der Waals surface area contributed by atoms with Gasteiger partial charge in [0.05, 0.1) is 35.7 Å². The molecule has 11 heteroatoms. The van der Waals surface area contributed by atoms with Crippen LogP contribution < -0.4 is 15.5 Å². The van der Waals surface area contributed by atoms with Crippen molar-refractivity contribution >= 4 is 23.5 Å². The van der Waals surface area contributed by atoms with Crippen molar-refractivity contribution in [1.29, 1.82) is 0 Å². The minimum atomic E-state index is -1.78. The molecule has 3 atom stereocenters. The van der Waals surface area contributed by atoms with Crippen LogP contribution in [0.25, 0.3) is 11.5 Å². The first kappa shape index (κ1) is 19.6. The lowest BCUT2D eigenvalue weighted by Gasteiger charge is -2.55. The van der Waals surface area contributed by atoms with Crippen LogP contribution in [0.5, 0.6) is 0 Å². The fourth-order valence-corrected chi connectivity index (χ4v) is 5.05. The molecule has 2 saturated heterocycles. The van der Waals surface area contributed by atoms with Gasteiger partial charge in [-0.25, -0.2) is 18.6 Å². The normalized spacial score (nSPS) is 26.9. The van der Waals surface area contributed by atoms with Crippen LogP contribution in [0.3, 0.4) is 0 Å². The highest BCUT2D eigenvalue weighted by Gasteiger charge is 2.63. The molecule has 0 saturated carbocycles. The Kier molecular flexibility index (Phi) is 4.16. The summed E-state index contributed by atoms with van der Waals surface area (Å²) in [6, 6.07) is -0.549. The number of barbiturate groups is 1. The summed E-state index contributed by atoms with van der Waals surface area (Å²) in [7, 11) is 0. The van der Waals surface area contributed by atoms with Crippen LogP contribution in [0.4, 0.5) is 19.3 Å². The van der Waals surface area contributed by atoms with E-state index in [1.807, 2.05) is 0 Å². The van der Waals surface area contributed by atoms with Crippen molar-refractivity contribution in [3.8, 4) is 11.5 Å². The van der Waals surface area contributed by atoms with Crippen molar-refractivity contribution in [3.05, 3.63) is 35.7 Å². The Morgan fingerprint density at radius 2 is 1.87 bits per heavy atom. The molecule has 3 aliphatic heterocycles. The van der Waals surface area contributed by atoms with Crippen molar-refractivity contribution in [1.82, 2.24) is 15.6 Å². The smallest absolute Gasteiger partial charge is 0.328 e. The number of morpholine rings is 1. The summed E-state index contributed by atoms with van der Waals surface area (Å²) in [5, 5.41) is 4.29. The van der Waals surface area contributed by atoms with E-state index in [1.165, 1.54) is 23.4 Å². The number of halogens is 2. The largest absolute Gasteiger partial charge is 0.444 e. The lowest BCUT2D eigenvalue weighted by atomic mass is 9.66. The number of nitrogens with one attached hydrogen (secondary N) is 2. The Morgan fingerprint density at radius 3 is 2.52 bits per heavy atom. The summed E-state index contributed by atoms with van der Waals surface area (Å²) in [6.45, 7) is 3.53. The number of carbonyl (C=O) groups excluding carboxylic acids is 3. The van der Waals surface area contributed by atoms with Gasteiger partial charge in [0.1, 0.15) is 6.26 Å². The van der Waals surface area contributed by atoms with Crippen LogP contribution in [0.1, 0.15) is 19.4 Å². The summed E-state index contributed by atoms with van der Waals surface area (Å²) >= 11 is 0. The zero-order valence-electron chi connectivity index (χ0n) is 16.6. The number of urea groups is 1. The number of ether oxygens (including phenoxy) is 1. The van der Waals surface area contributed by atoms with Crippen LogP contribution >= 0.6 is 0 Å². The Bertz CT molecular complexity index is 1100. The van der Waals surface area contributed by atoms with Crippen LogP contribution in [-0.4, -0.2) is 47.6 Å². The highest BCUT2D eigenvalue weighted by molar-refractivity contribution is 6.20. The number of nitrogens with zero attached hydrogens (tertiary/aromatic N) is 2. The minimum Gasteiger partial charge on any atom is -0.444 e. The van der Waals surface area contributed by atoms with E-state index < -0.39 is 47.0 Å². The number of anilines is 1. The van der Waals surface area contributed by atoms with Crippen molar-refractivity contribution < 1.29 is 32.3 Å². The molecule has 9 nitrogen and oxygen atoms in total. The number of fused-ring (bicyclic) bond motifs is 4. The van der Waals surface area contributed by atoms with Crippen LogP contribution in [0.2, 0.25) is 0 Å². The summed E-state index contributed by atoms with van der Waals surface area (Å²) in [4.78, 5) is 43.3. The highest BCUT2D eigenvalue weighted by Crippen LogP contribution is 2.49. The first-order valence-electron chi connectivity index (χ1n) is 9.73. The van der Waals surface area contributed by atoms with E-state index in [1.54, 1.807) is 13.8 Å². The molecule has 31 heavy (non-hydrogen) atoms. The van der Waals surface area contributed by atoms with Crippen molar-refractivity contribution in [2.45, 2.75) is 38.5 Å². The van der Waals surface area contributed by atoms with Crippen molar-refractivity contribution in [3.63, 3.8) is 0 Å². The third-order valence-corrected chi connectivity index (χ3v) is 6.13. The van der Waals surface area contributed by atoms with Gasteiger partial charge in [0.25, 0.3) is 0 Å². The van der Waals surface area contributed by atoms with Gasteiger partial charge in [-0.2, -0.15) is 0 Å². The molecule has 1 spiro atoms. The summed E-state index contributed by atoms with van der Waals surface area (Å²) < 4.78 is 41.4. The van der Waals surface area contributed by atoms with E-state index >= 15 is 8.78 Å². The molecule has 1 aromatic heterocycles. The lowest BCUT2D eigenvalue weighted by Crippen LogP contribution is -2.75. The van der Waals surface area contributed by atoms with Gasteiger partial charge in [-0.15, -0.1) is 0 Å². The first-order valence-corrected chi connectivity index (χ1v) is 9.73. The van der Waals surface area contributed by atoms with Gasteiger partial charge in [0.2, 0.25) is 17.7 Å². The van der Waals surface area contributed by atoms with Crippen LogP contribution in [0, 0.1) is 17.0 Å². The quantitative estimate of drug-likeness (QED) is 0.657. The molecular formula is C20H18F2N4O5. The summed E-state index contributed by atoms with van der Waals surface area (Å²) in [6.07, 6.45) is 1.20. The minimum absolute atomic E-state index is 0.0390. The number of hydrogen-bond acceptors (Lipinski definition) is 7. The monoisotopic (exact) mass is 432 g/mol. The topological polar surface area (TPSA) is 114 Å². The molecule has 2 aromatic rings. The number of benzene rings is 1. The second kappa shape index (κ2) is 6.58. The number of oxazole rings is 1. The van der Waals surface area contributed by atoms with Gasteiger partial charge in [-0.1, -0.05) is 0 Å². The Labute approximate surface area is 174 Å². The van der Waals surface area contributed by atoms with E-state index in [0.717, 1.165) is 0 Å². The molecule has 4 amide bonds. The average molecular weight is 432 g/mol. The molecule has 0 bridgehead atoms. The zero-order chi connectivity index (χ0) is 22.1. The highest BCUT2D eigenvalue weighted by atomic mass is 19.2. The molecular weight excluding hydrogens is 414 g/mol. The van der Waals surface area contributed by atoms with E-state index in [4.69, 9.17) is 9.15 Å². The number of rotatable bonds is 1. The maximum absolute atomic E-state index is 15.4. The van der Waals surface area contributed by atoms with Gasteiger partial charge >= 0.3 is 6.03 Å². The number of imide groups is 2. The van der Waals surface area contributed by atoms with E-state index in [0.29, 0.717) is 0 Å². The second-order valence-electron chi connectivity index (χ2n) is 8.03. The molecule has 2 N–H and O–H groups in total. The summed E-state index contributed by atoms with van der Waals surface area (Å²) in [5.74, 6) is -4.02. The van der Waals surface area contributed by atoms with Crippen LogP contribution in [-0.2, 0) is 20.7 Å². The maximum Gasteiger partial charge on any atom is 0.328 e. The number of aromatic nitrogens is 1. The van der Waals surface area contributed by atoms with E-state index in [-0.39, 0.29) is 41.8 Å². The van der Waals surface area contributed by atoms with E-state index in [9.17, 15) is 14.4 Å². The van der Waals surface area contributed by atoms with Gasteiger partial charge < -0.3 is 14.1 Å². The molecule has 4 heterocycles. The molecule has 0 radical (unpaired) electrons. The molecule has 162 valence electrons. The Morgan fingerprint density at radius 1 is 1.16 bits per heavy atom. The second-order valence-corrected chi connectivity index (χ2v) is 8.03. The van der Waals surface area contributed by atoms with Gasteiger partial charge in [-0.3, -0.25) is 20.2 Å². The number of carbonyl (C=O) groups is 3. The fraction of sp³-hybridized carbons (Fsp3) is 0.400. The van der Waals surface area contributed by atoms with Gasteiger partial charge in [0, 0.05) is 13.0 Å². The molecule has 2 fully saturated rings. The SMILES string of the molecule is C[C@@H]1CN2c3c(cc(-c4ncco4)c(F)c3F)CC3(C(=O)NC(=O)NC3=O)[C@H]2[C@H](C)O1. The van der Waals surface area contributed by atoms with Crippen molar-refractivity contribution in [2.75, 3.05) is 11.4 Å². The predicted molar refractivity (Wildman–Crippen MR) is 101 cm³/mol. The van der Waals surface area contributed by atoms with Gasteiger partial charge in [0.15, 0.2) is 17.0 Å². The Balaban J connectivity index is 1.76. The van der Waals surface area contributed by atoms with Crippen molar-refractivity contribution in [2.24, 2.45) is 5.41 Å². The zero-order valence-corrected chi connectivity index (χ0v) is 16.6. The first-order chi connectivity index (χ1) is 14.7. The molecule has 5 rings (SSSR count).